The van der Waals surface area contributed by atoms with Gasteiger partial charge in [-0.25, -0.2) is 0 Å². The molecular weight excluding hydrogens is 702 g/mol. The molecule has 14 heteroatoms. The van der Waals surface area contributed by atoms with Crippen LogP contribution in [-0.4, -0.2) is 139 Å². The van der Waals surface area contributed by atoms with E-state index in [1.54, 1.807) is 34.8 Å². The maximum absolute atomic E-state index is 14.4. The number of nitrogens with zero attached hydrogens (tertiary/aromatic N) is 1. The minimum absolute atomic E-state index is 0.0131. The molecule has 4 aliphatic heterocycles. The number of rotatable bonds is 8. The number of hydrogen-bond donors (Lipinski definition) is 2. The lowest BCUT2D eigenvalue weighted by Gasteiger charge is -2.50. The number of ether oxygens (including phenoxy) is 8. The molecular formula is C40H69NO13. The van der Waals surface area contributed by atoms with E-state index >= 15 is 0 Å². The van der Waals surface area contributed by atoms with Crippen molar-refractivity contribution in [1.29, 1.82) is 0 Å². The third-order valence-corrected chi connectivity index (χ3v) is 13.2. The molecule has 54 heavy (non-hydrogen) atoms. The smallest absolute Gasteiger partial charge is 0.311 e. The number of likely N-dealkylation sites (N-methyl/N-ethyl adjacent to an activating group) is 1. The fraction of sp³-hybridized carbons (Fsp3) is 0.925. The number of fused-ring (bicyclic) bond motifs is 1. The van der Waals surface area contributed by atoms with Crippen LogP contribution in [0.1, 0.15) is 101 Å². The predicted octanol–water partition coefficient (Wildman–Crippen LogP) is 3.65. The summed E-state index contributed by atoms with van der Waals surface area (Å²) >= 11 is 0. The van der Waals surface area contributed by atoms with Crippen molar-refractivity contribution in [3.05, 3.63) is 0 Å². The molecule has 0 aromatic rings. The van der Waals surface area contributed by atoms with E-state index < -0.39 is 108 Å². The van der Waals surface area contributed by atoms with Gasteiger partial charge in [0.1, 0.15) is 29.7 Å². The lowest BCUT2D eigenvalue weighted by atomic mass is 9.70. The predicted molar refractivity (Wildman–Crippen MR) is 197 cm³/mol. The summed E-state index contributed by atoms with van der Waals surface area (Å²) < 4.78 is 50.5. The average molecular weight is 772 g/mol. The fourth-order valence-corrected chi connectivity index (χ4v) is 9.64. The first-order valence-corrected chi connectivity index (χ1v) is 19.8. The Hall–Kier alpha value is -1.75. The maximum atomic E-state index is 14.4. The molecule has 0 aromatic carbocycles. The molecule has 0 aliphatic carbocycles. The van der Waals surface area contributed by atoms with Crippen LogP contribution >= 0.6 is 0 Å². The van der Waals surface area contributed by atoms with Crippen molar-refractivity contribution >= 4 is 17.7 Å². The average Bonchev–Trinajstić information content (AvgIpc) is 3.43. The summed E-state index contributed by atoms with van der Waals surface area (Å²) in [6.07, 6.45) is -6.35. The largest absolute Gasteiger partial charge is 0.458 e. The number of esters is 2. The van der Waals surface area contributed by atoms with Gasteiger partial charge in [-0.15, -0.1) is 0 Å². The van der Waals surface area contributed by atoms with Crippen LogP contribution in [0.15, 0.2) is 0 Å². The van der Waals surface area contributed by atoms with Crippen LogP contribution in [0.4, 0.5) is 0 Å². The van der Waals surface area contributed by atoms with Gasteiger partial charge in [-0.1, -0.05) is 27.7 Å². The first-order valence-electron chi connectivity index (χ1n) is 19.8. The molecule has 4 rings (SSSR count). The Morgan fingerprint density at radius 2 is 1.50 bits per heavy atom. The van der Waals surface area contributed by atoms with Crippen LogP contribution in [0.3, 0.4) is 0 Å². The number of carbonyl (C=O) groups is 3. The molecule has 4 aliphatic rings. The molecule has 0 saturated carbocycles. The van der Waals surface area contributed by atoms with Gasteiger partial charge < -0.3 is 53.0 Å². The summed E-state index contributed by atoms with van der Waals surface area (Å²) in [6, 6.07) is -0.268. The monoisotopic (exact) mass is 771 g/mol. The summed E-state index contributed by atoms with van der Waals surface area (Å²) in [4.78, 5) is 43.7. The van der Waals surface area contributed by atoms with Gasteiger partial charge >= 0.3 is 11.9 Å². The lowest BCUT2D eigenvalue weighted by molar-refractivity contribution is -0.319. The minimum Gasteiger partial charge on any atom is -0.458 e. The molecule has 0 radical (unpaired) electrons. The zero-order chi connectivity index (χ0) is 40.7. The van der Waals surface area contributed by atoms with Gasteiger partial charge in [0.2, 0.25) is 0 Å². The topological polar surface area (TPSA) is 169 Å². The van der Waals surface area contributed by atoms with Crippen molar-refractivity contribution in [2.24, 2.45) is 29.6 Å². The van der Waals surface area contributed by atoms with Gasteiger partial charge in [-0.05, 0) is 74.9 Å². The van der Waals surface area contributed by atoms with Crippen LogP contribution in [0.25, 0.3) is 0 Å². The Morgan fingerprint density at radius 3 is 2.07 bits per heavy atom. The second kappa shape index (κ2) is 17.4. The standard InChI is InChI=1S/C40H69NO13/c1-15-28-40(10)26(17-29(42)54-40)22(4)31(43)20(2)18-39(9,48-14)35(53-37-32(44)27(41(11)12)16-21(3)49-37)23(5)33(24(6)36(46)51-28)52-30-19-38(8,47-13)34(45)25(7)50-30/h20-28,30,32-35,37,44-45H,15-19H2,1-14H3/t20-,21-,22-,23+,24-,25+,26-,27+,28-,30?,32-,33+,34+,35-,37+,38+,39-,40+/m1/s1. The molecule has 0 bridgehead atoms. The summed E-state index contributed by atoms with van der Waals surface area (Å²) in [5, 5.41) is 22.6. The summed E-state index contributed by atoms with van der Waals surface area (Å²) in [7, 11) is 6.86. The number of aliphatic hydroxyl groups is 2. The van der Waals surface area contributed by atoms with Gasteiger partial charge in [0.05, 0.1) is 48.0 Å². The molecule has 312 valence electrons. The molecule has 0 amide bonds. The highest BCUT2D eigenvalue weighted by molar-refractivity contribution is 5.85. The highest BCUT2D eigenvalue weighted by atomic mass is 16.7. The Morgan fingerprint density at radius 1 is 0.870 bits per heavy atom. The van der Waals surface area contributed by atoms with Gasteiger partial charge in [0.25, 0.3) is 0 Å². The molecule has 1 unspecified atom stereocenters. The molecule has 14 nitrogen and oxygen atoms in total. The van der Waals surface area contributed by atoms with Crippen molar-refractivity contribution < 1.29 is 62.5 Å². The SMILES string of the molecule is CC[C@H]1OC(=O)[C@H](C)[C@@H](OC2C[C@](C)(OC)[C@@H](O)[C@H](C)O2)[C@H](C)[C@@H](O[C@@H]2O[C@H](C)C[C@H](N(C)C)[C@H]2O)[C@](C)(OC)C[C@@H](C)C(=O)[C@H](C)[C@H]2CC(=O)O[C@@]21C. The van der Waals surface area contributed by atoms with E-state index in [9.17, 15) is 24.6 Å². The van der Waals surface area contributed by atoms with Gasteiger partial charge in [-0.3, -0.25) is 14.4 Å². The Kier molecular flexibility index (Phi) is 14.5. The number of carbonyl (C=O) groups excluding carboxylic acids is 3. The quantitative estimate of drug-likeness (QED) is 0.343. The third-order valence-electron chi connectivity index (χ3n) is 13.2. The lowest BCUT2D eigenvalue weighted by Crippen LogP contribution is -2.61. The van der Waals surface area contributed by atoms with Gasteiger partial charge in [0, 0.05) is 50.4 Å². The maximum Gasteiger partial charge on any atom is 0.311 e. The Labute approximate surface area is 322 Å². The first-order chi connectivity index (χ1) is 25.1. The summed E-state index contributed by atoms with van der Waals surface area (Å²) in [5.74, 6) is -4.48. The van der Waals surface area contributed by atoms with Crippen molar-refractivity contribution in [3.63, 3.8) is 0 Å². The number of hydrogen-bond acceptors (Lipinski definition) is 14. The summed E-state index contributed by atoms with van der Waals surface area (Å²) in [5.41, 5.74) is -3.46. The van der Waals surface area contributed by atoms with E-state index in [-0.39, 0.29) is 37.2 Å². The van der Waals surface area contributed by atoms with Crippen molar-refractivity contribution in [2.45, 2.75) is 179 Å². The van der Waals surface area contributed by atoms with Crippen LogP contribution in [0, 0.1) is 29.6 Å². The van der Waals surface area contributed by atoms with E-state index in [1.807, 2.05) is 60.5 Å². The molecule has 4 heterocycles. The first kappa shape index (κ1) is 45.0. The molecule has 0 spiro atoms. The highest BCUT2D eigenvalue weighted by Crippen LogP contribution is 2.46. The zero-order valence-corrected chi connectivity index (χ0v) is 35.0. The number of ketones is 1. The van der Waals surface area contributed by atoms with Crippen molar-refractivity contribution in [3.8, 4) is 0 Å². The highest BCUT2D eigenvalue weighted by Gasteiger charge is 2.58. The van der Waals surface area contributed by atoms with Crippen LogP contribution < -0.4 is 0 Å². The molecule has 4 fully saturated rings. The second-order valence-electron chi connectivity index (χ2n) is 17.4. The van der Waals surface area contributed by atoms with Crippen LogP contribution in [0.2, 0.25) is 0 Å². The fourth-order valence-electron chi connectivity index (χ4n) is 9.64. The number of aliphatic hydroxyl groups excluding tert-OH is 2. The van der Waals surface area contributed by atoms with Crippen LogP contribution in [-0.2, 0) is 52.3 Å². The van der Waals surface area contributed by atoms with E-state index in [0.717, 1.165) is 0 Å². The van der Waals surface area contributed by atoms with Crippen molar-refractivity contribution in [1.82, 2.24) is 4.90 Å². The molecule has 0 aromatic heterocycles. The van der Waals surface area contributed by atoms with E-state index in [2.05, 4.69) is 0 Å². The minimum atomic E-state index is -1.25. The van der Waals surface area contributed by atoms with E-state index in [1.165, 1.54) is 7.11 Å². The summed E-state index contributed by atoms with van der Waals surface area (Å²) in [6.45, 7) is 18.1. The third kappa shape index (κ3) is 8.87. The van der Waals surface area contributed by atoms with Crippen molar-refractivity contribution in [2.75, 3.05) is 28.3 Å². The van der Waals surface area contributed by atoms with Gasteiger partial charge in [-0.2, -0.15) is 0 Å². The number of Topliss-reactive ketones (excluding diaryl/α,β-unsaturated/α-hetero) is 1. The Balaban J connectivity index is 1.87. The Bertz CT molecular complexity index is 1320. The number of cyclic esters (lactones) is 1. The molecule has 18 atom stereocenters. The zero-order valence-electron chi connectivity index (χ0n) is 35.0. The number of methoxy groups -OCH3 is 2. The molecule has 4 saturated heterocycles. The normalized spacial score (nSPS) is 48.5. The molecule has 2 N–H and O–H groups in total. The second-order valence-corrected chi connectivity index (χ2v) is 17.4. The van der Waals surface area contributed by atoms with E-state index in [4.69, 9.17) is 37.9 Å². The van der Waals surface area contributed by atoms with Gasteiger partial charge in [0.15, 0.2) is 12.6 Å². The van der Waals surface area contributed by atoms with Crippen LogP contribution in [0.5, 0.6) is 0 Å². The van der Waals surface area contributed by atoms with E-state index in [0.29, 0.717) is 12.8 Å².